The Morgan fingerprint density at radius 1 is 1.33 bits per heavy atom. The van der Waals surface area contributed by atoms with Crippen LogP contribution in [-0.4, -0.2) is 17.0 Å². The van der Waals surface area contributed by atoms with E-state index in [2.05, 4.69) is 39.5 Å². The van der Waals surface area contributed by atoms with Crippen molar-refractivity contribution < 1.29 is 9.90 Å². The molecule has 0 aromatic heterocycles. The smallest absolute Gasteiger partial charge is 0.156 e. The molecule has 24 heavy (non-hydrogen) atoms. The Morgan fingerprint density at radius 2 is 2.08 bits per heavy atom. The van der Waals surface area contributed by atoms with Crippen LogP contribution < -0.4 is 0 Å². The molecule has 0 bridgehead atoms. The van der Waals surface area contributed by atoms with Crippen LogP contribution in [0.1, 0.15) is 52.9 Å². The monoisotopic (exact) mass is 326 g/mol. The highest BCUT2D eigenvalue weighted by atomic mass is 16.3. The summed E-state index contributed by atoms with van der Waals surface area (Å²) < 4.78 is 0. The van der Waals surface area contributed by atoms with Gasteiger partial charge < -0.3 is 5.11 Å². The highest BCUT2D eigenvalue weighted by Gasteiger charge is 2.60. The molecule has 0 radical (unpaired) electrons. The van der Waals surface area contributed by atoms with Gasteiger partial charge in [0.2, 0.25) is 0 Å². The summed E-state index contributed by atoms with van der Waals surface area (Å²) in [5.74, 6) is 2.08. The van der Waals surface area contributed by atoms with Crippen LogP contribution in [0.3, 0.4) is 0 Å². The topological polar surface area (TPSA) is 37.3 Å². The third-order valence-electron chi connectivity index (χ3n) is 8.05. The van der Waals surface area contributed by atoms with Crippen molar-refractivity contribution in [3.63, 3.8) is 0 Å². The van der Waals surface area contributed by atoms with Gasteiger partial charge in [0.15, 0.2) is 5.78 Å². The Balaban J connectivity index is 1.78. The first kappa shape index (κ1) is 16.3. The lowest BCUT2D eigenvalue weighted by Crippen LogP contribution is -2.55. The summed E-state index contributed by atoms with van der Waals surface area (Å²) in [4.78, 5) is 11.9. The molecule has 0 heterocycles. The van der Waals surface area contributed by atoms with Crippen molar-refractivity contribution in [3.8, 4) is 0 Å². The van der Waals surface area contributed by atoms with Gasteiger partial charge in [-0.1, -0.05) is 38.2 Å². The maximum absolute atomic E-state index is 11.9. The van der Waals surface area contributed by atoms with Gasteiger partial charge in [-0.05, 0) is 72.8 Å². The number of hydrogen-bond acceptors (Lipinski definition) is 2. The maximum atomic E-state index is 11.9. The van der Waals surface area contributed by atoms with E-state index < -0.39 is 0 Å². The summed E-state index contributed by atoms with van der Waals surface area (Å²) in [7, 11) is 0. The van der Waals surface area contributed by atoms with Crippen LogP contribution in [0.2, 0.25) is 0 Å². The predicted molar refractivity (Wildman–Crippen MR) is 96.3 cm³/mol. The lowest BCUT2D eigenvalue weighted by molar-refractivity contribution is -0.120. The van der Waals surface area contributed by atoms with Gasteiger partial charge in [-0.15, -0.1) is 0 Å². The second-order valence-electron chi connectivity index (χ2n) is 9.31. The number of carbonyl (C=O) groups is 1. The van der Waals surface area contributed by atoms with E-state index in [-0.39, 0.29) is 28.6 Å². The van der Waals surface area contributed by atoms with Crippen molar-refractivity contribution in [1.29, 1.82) is 0 Å². The normalized spacial score (nSPS) is 49.9. The summed E-state index contributed by atoms with van der Waals surface area (Å²) >= 11 is 0. The maximum Gasteiger partial charge on any atom is 0.156 e. The second kappa shape index (κ2) is 5.17. The van der Waals surface area contributed by atoms with Crippen LogP contribution in [0, 0.1) is 34.5 Å². The van der Waals surface area contributed by atoms with Crippen molar-refractivity contribution in [2.75, 3.05) is 0 Å². The Morgan fingerprint density at radius 3 is 2.79 bits per heavy atom. The van der Waals surface area contributed by atoms with Gasteiger partial charge in [0.05, 0.1) is 6.10 Å². The fourth-order valence-electron chi connectivity index (χ4n) is 6.94. The summed E-state index contributed by atoms with van der Waals surface area (Å²) in [5, 5.41) is 11.2. The highest BCUT2D eigenvalue weighted by molar-refractivity contribution is 5.92. The van der Waals surface area contributed by atoms with Gasteiger partial charge >= 0.3 is 0 Å². The minimum atomic E-state index is -0.289. The molecule has 2 heteroatoms. The van der Waals surface area contributed by atoms with E-state index in [9.17, 15) is 9.90 Å². The van der Waals surface area contributed by atoms with Gasteiger partial charge in [0, 0.05) is 12.3 Å². The van der Waals surface area contributed by atoms with Gasteiger partial charge in [0.25, 0.3) is 0 Å². The first-order chi connectivity index (χ1) is 11.3. The summed E-state index contributed by atoms with van der Waals surface area (Å²) in [6, 6.07) is 0. The fourth-order valence-corrected chi connectivity index (χ4v) is 6.94. The molecule has 2 nitrogen and oxygen atoms in total. The molecule has 0 aromatic rings. The molecule has 4 aliphatic carbocycles. The summed E-state index contributed by atoms with van der Waals surface area (Å²) in [6.07, 6.45) is 10.9. The standard InChI is InChI=1S/C22H30O2/c1-13(2)17-7-8-18-16-6-5-14-11-15(23)9-10-21(14,3)20(16)19(24)12-22(17,18)4/h5-6,11,16-20,24H,1,7-10,12H2,2-4H3/t16-,17+,18-,19?,20+,21-,22+/m0/s1. The van der Waals surface area contributed by atoms with Crippen LogP contribution in [0.5, 0.6) is 0 Å². The highest BCUT2D eigenvalue weighted by Crippen LogP contribution is 2.65. The van der Waals surface area contributed by atoms with E-state index in [1.165, 1.54) is 18.4 Å². The van der Waals surface area contributed by atoms with Crippen molar-refractivity contribution in [3.05, 3.63) is 36.0 Å². The summed E-state index contributed by atoms with van der Waals surface area (Å²) in [6.45, 7) is 11.1. The zero-order valence-corrected chi connectivity index (χ0v) is 15.2. The largest absolute Gasteiger partial charge is 0.393 e. The molecule has 2 saturated carbocycles. The number of aliphatic hydroxyl groups is 1. The zero-order chi connectivity index (χ0) is 17.3. The Hall–Kier alpha value is -1.15. The minimum Gasteiger partial charge on any atom is -0.393 e. The third-order valence-corrected chi connectivity index (χ3v) is 8.05. The number of ketones is 1. The first-order valence-corrected chi connectivity index (χ1v) is 9.54. The molecule has 0 aliphatic heterocycles. The molecule has 0 saturated heterocycles. The first-order valence-electron chi connectivity index (χ1n) is 9.54. The molecular formula is C22H30O2. The average molecular weight is 326 g/mol. The third kappa shape index (κ3) is 2.02. The van der Waals surface area contributed by atoms with E-state index in [1.54, 1.807) is 0 Å². The Labute approximate surface area is 145 Å². The van der Waals surface area contributed by atoms with Gasteiger partial charge in [-0.25, -0.2) is 0 Å². The minimum absolute atomic E-state index is 0.0462. The molecule has 2 fully saturated rings. The number of hydrogen-bond donors (Lipinski definition) is 1. The molecule has 4 aliphatic rings. The molecule has 130 valence electrons. The zero-order valence-electron chi connectivity index (χ0n) is 15.2. The van der Waals surface area contributed by atoms with E-state index in [0.717, 1.165) is 18.4 Å². The van der Waals surface area contributed by atoms with E-state index in [4.69, 9.17) is 0 Å². The lowest BCUT2D eigenvalue weighted by atomic mass is 9.47. The van der Waals surface area contributed by atoms with Gasteiger partial charge in [0.1, 0.15) is 0 Å². The van der Waals surface area contributed by atoms with E-state index in [0.29, 0.717) is 24.2 Å². The number of aliphatic hydroxyl groups excluding tert-OH is 1. The molecule has 4 rings (SSSR count). The van der Waals surface area contributed by atoms with Crippen molar-refractivity contribution in [1.82, 2.24) is 0 Å². The van der Waals surface area contributed by atoms with Crippen LogP contribution in [0.4, 0.5) is 0 Å². The van der Waals surface area contributed by atoms with Crippen LogP contribution in [-0.2, 0) is 4.79 Å². The van der Waals surface area contributed by atoms with Crippen LogP contribution in [0.25, 0.3) is 0 Å². The second-order valence-corrected chi connectivity index (χ2v) is 9.31. The molecular weight excluding hydrogens is 296 g/mol. The van der Waals surface area contributed by atoms with Gasteiger partial charge in [-0.2, -0.15) is 0 Å². The SMILES string of the molecule is C=C(C)[C@H]1CC[C@H]2[C@@H]3C=CC4=CC(=O)CC[C@]4(C)[C@H]3C(O)C[C@]12C. The van der Waals surface area contributed by atoms with Gasteiger partial charge in [-0.3, -0.25) is 4.79 Å². The lowest BCUT2D eigenvalue weighted by Gasteiger charge is -2.58. The summed E-state index contributed by atoms with van der Waals surface area (Å²) in [5.41, 5.74) is 2.55. The Kier molecular flexibility index (Phi) is 3.52. The molecule has 0 spiro atoms. The van der Waals surface area contributed by atoms with E-state index >= 15 is 0 Å². The fraction of sp³-hybridized carbons (Fsp3) is 0.682. The number of carbonyl (C=O) groups excluding carboxylic acids is 1. The number of rotatable bonds is 1. The molecule has 1 N–H and O–H groups in total. The molecule has 0 amide bonds. The quantitative estimate of drug-likeness (QED) is 0.723. The number of fused-ring (bicyclic) bond motifs is 5. The van der Waals surface area contributed by atoms with E-state index in [1.807, 2.05) is 6.08 Å². The molecule has 0 aromatic carbocycles. The predicted octanol–water partition coefficient (Wildman–Crippen LogP) is 4.46. The molecule has 7 atom stereocenters. The number of allylic oxidation sites excluding steroid dienone is 5. The average Bonchev–Trinajstić information content (AvgIpc) is 2.84. The Bertz CT molecular complexity index is 657. The van der Waals surface area contributed by atoms with Crippen molar-refractivity contribution >= 4 is 5.78 Å². The van der Waals surface area contributed by atoms with Crippen molar-refractivity contribution in [2.45, 2.75) is 59.0 Å². The van der Waals surface area contributed by atoms with Crippen LogP contribution in [0.15, 0.2) is 36.0 Å². The van der Waals surface area contributed by atoms with Crippen LogP contribution >= 0.6 is 0 Å². The van der Waals surface area contributed by atoms with Crippen molar-refractivity contribution in [2.24, 2.45) is 34.5 Å². The molecule has 1 unspecified atom stereocenters.